The van der Waals surface area contributed by atoms with Gasteiger partial charge in [-0.2, -0.15) is 0 Å². The van der Waals surface area contributed by atoms with E-state index in [2.05, 4.69) is 0 Å². The molecule has 112 valence electrons. The van der Waals surface area contributed by atoms with Crippen molar-refractivity contribution < 1.29 is 19.5 Å². The normalized spacial score (nSPS) is 22.0. The average Bonchev–Trinajstić information content (AvgIpc) is 2.46. The van der Waals surface area contributed by atoms with Crippen LogP contribution in [0.5, 0.6) is 0 Å². The van der Waals surface area contributed by atoms with Crippen LogP contribution in [-0.2, 0) is 9.59 Å². The summed E-state index contributed by atoms with van der Waals surface area (Å²) in [5, 5.41) is 9.24. The first-order valence-corrected chi connectivity index (χ1v) is 6.56. The Morgan fingerprint density at radius 2 is 1.76 bits per heavy atom. The lowest BCUT2D eigenvalue weighted by atomic mass is 10.00. The lowest BCUT2D eigenvalue weighted by Crippen LogP contribution is -2.58. The lowest BCUT2D eigenvalue weighted by Gasteiger charge is -2.43. The summed E-state index contributed by atoms with van der Waals surface area (Å²) >= 11 is 0. The van der Waals surface area contributed by atoms with Gasteiger partial charge in [0, 0.05) is 19.1 Å². The summed E-state index contributed by atoms with van der Waals surface area (Å²) in [6.45, 7) is 1.93. The number of amides is 3. The Morgan fingerprint density at radius 3 is 2.29 bits per heavy atom. The maximum atomic E-state index is 12.0. The van der Waals surface area contributed by atoms with Crippen LogP contribution in [0, 0.1) is 0 Å². The second kappa shape index (κ2) is 5.82. The van der Waals surface area contributed by atoms with E-state index in [1.165, 1.54) is 9.80 Å². The van der Waals surface area contributed by atoms with E-state index < -0.39 is 30.0 Å². The smallest absolute Gasteiger partial charge is 0.407 e. The van der Waals surface area contributed by atoms with E-state index in [0.717, 1.165) is 5.56 Å². The van der Waals surface area contributed by atoms with Crippen molar-refractivity contribution in [3.8, 4) is 0 Å². The van der Waals surface area contributed by atoms with Crippen LogP contribution in [0.1, 0.15) is 18.5 Å². The van der Waals surface area contributed by atoms with Crippen LogP contribution >= 0.6 is 0 Å². The molecule has 7 heteroatoms. The maximum absolute atomic E-state index is 12.0. The van der Waals surface area contributed by atoms with Crippen molar-refractivity contribution in [2.24, 2.45) is 5.73 Å². The zero-order valence-electron chi connectivity index (χ0n) is 11.6. The van der Waals surface area contributed by atoms with Crippen LogP contribution in [0.2, 0.25) is 0 Å². The van der Waals surface area contributed by atoms with E-state index in [9.17, 15) is 19.5 Å². The molecular weight excluding hydrogens is 274 g/mol. The van der Waals surface area contributed by atoms with Crippen LogP contribution in [-0.4, -0.2) is 51.9 Å². The molecule has 0 aromatic heterocycles. The summed E-state index contributed by atoms with van der Waals surface area (Å²) in [5.41, 5.74) is 5.86. The summed E-state index contributed by atoms with van der Waals surface area (Å²) in [4.78, 5) is 37.1. The van der Waals surface area contributed by atoms with Gasteiger partial charge in [-0.05, 0) is 12.5 Å². The summed E-state index contributed by atoms with van der Waals surface area (Å²) in [7, 11) is 0. The third-order valence-corrected chi connectivity index (χ3v) is 3.64. The second-order valence-corrected chi connectivity index (χ2v) is 5.03. The topological polar surface area (TPSA) is 104 Å². The van der Waals surface area contributed by atoms with Crippen molar-refractivity contribution >= 4 is 17.9 Å². The fourth-order valence-corrected chi connectivity index (χ4v) is 2.57. The van der Waals surface area contributed by atoms with Crippen molar-refractivity contribution in [1.29, 1.82) is 0 Å². The fourth-order valence-electron chi connectivity index (χ4n) is 2.57. The predicted molar refractivity (Wildman–Crippen MR) is 74.3 cm³/mol. The number of hydrogen-bond donors (Lipinski definition) is 2. The van der Waals surface area contributed by atoms with Crippen molar-refractivity contribution in [1.82, 2.24) is 9.80 Å². The number of piperazine rings is 1. The molecule has 1 aromatic carbocycles. The van der Waals surface area contributed by atoms with Gasteiger partial charge in [-0.15, -0.1) is 0 Å². The number of carboxylic acid groups (broad SMARTS) is 1. The first-order chi connectivity index (χ1) is 9.91. The van der Waals surface area contributed by atoms with E-state index in [1.54, 1.807) is 31.2 Å². The van der Waals surface area contributed by atoms with E-state index in [4.69, 9.17) is 5.73 Å². The first-order valence-electron chi connectivity index (χ1n) is 6.56. The molecule has 2 atom stereocenters. The van der Waals surface area contributed by atoms with Gasteiger partial charge in [0.05, 0.1) is 6.04 Å². The summed E-state index contributed by atoms with van der Waals surface area (Å²) in [5.74, 6) is -1.83. The van der Waals surface area contributed by atoms with Gasteiger partial charge in [0.2, 0.25) is 0 Å². The van der Waals surface area contributed by atoms with Crippen LogP contribution in [0.15, 0.2) is 30.3 Å². The molecule has 0 spiro atoms. The Balaban J connectivity index is 2.36. The monoisotopic (exact) mass is 291 g/mol. The molecule has 2 rings (SSSR count). The quantitative estimate of drug-likeness (QED) is 0.732. The minimum absolute atomic E-state index is 0.111. The van der Waals surface area contributed by atoms with E-state index in [-0.39, 0.29) is 13.1 Å². The number of rotatable bonds is 1. The highest BCUT2D eigenvalue weighted by Crippen LogP contribution is 2.28. The second-order valence-electron chi connectivity index (χ2n) is 5.03. The number of hydrogen-bond acceptors (Lipinski definition) is 3. The predicted octanol–water partition coefficient (Wildman–Crippen LogP) is 0.424. The van der Waals surface area contributed by atoms with Crippen LogP contribution < -0.4 is 5.73 Å². The van der Waals surface area contributed by atoms with Crippen molar-refractivity contribution in [2.75, 3.05) is 13.1 Å². The summed E-state index contributed by atoms with van der Waals surface area (Å²) in [6, 6.07) is 8.09. The molecule has 1 aliphatic heterocycles. The standard InChI is InChI=1S/C14H17N3O4/c1-9-7-17(13(19)12(15)18)11(8-16(9)14(20)21)10-5-3-2-4-6-10/h2-6,9,11H,7-8H2,1H3,(H2,15,18)(H,20,21)/t9-,11-/m1/s1. The number of carbonyl (C=O) groups excluding carboxylic acids is 2. The Hall–Kier alpha value is -2.57. The molecule has 0 unspecified atom stereocenters. The van der Waals surface area contributed by atoms with Gasteiger partial charge in [-0.3, -0.25) is 9.59 Å². The molecule has 0 radical (unpaired) electrons. The molecule has 1 fully saturated rings. The largest absolute Gasteiger partial charge is 0.465 e. The third-order valence-electron chi connectivity index (χ3n) is 3.64. The van der Waals surface area contributed by atoms with Gasteiger partial charge in [-0.25, -0.2) is 4.79 Å². The van der Waals surface area contributed by atoms with Gasteiger partial charge in [0.1, 0.15) is 0 Å². The Bertz CT molecular complexity index is 561. The van der Waals surface area contributed by atoms with E-state index in [1.807, 2.05) is 6.07 Å². The van der Waals surface area contributed by atoms with Gasteiger partial charge in [0.15, 0.2) is 0 Å². The van der Waals surface area contributed by atoms with Crippen molar-refractivity contribution in [3.63, 3.8) is 0 Å². The highest BCUT2D eigenvalue weighted by Gasteiger charge is 2.38. The fraction of sp³-hybridized carbons (Fsp3) is 0.357. The van der Waals surface area contributed by atoms with Crippen molar-refractivity contribution in [2.45, 2.75) is 19.0 Å². The Labute approximate surface area is 121 Å². The van der Waals surface area contributed by atoms with Gasteiger partial charge in [0.25, 0.3) is 0 Å². The number of nitrogens with zero attached hydrogens (tertiary/aromatic N) is 2. The highest BCUT2D eigenvalue weighted by atomic mass is 16.4. The zero-order chi connectivity index (χ0) is 15.6. The Morgan fingerprint density at radius 1 is 1.14 bits per heavy atom. The van der Waals surface area contributed by atoms with Gasteiger partial charge >= 0.3 is 17.9 Å². The van der Waals surface area contributed by atoms with Crippen LogP contribution in [0.4, 0.5) is 4.79 Å². The average molecular weight is 291 g/mol. The molecule has 3 N–H and O–H groups in total. The maximum Gasteiger partial charge on any atom is 0.407 e. The highest BCUT2D eigenvalue weighted by molar-refractivity contribution is 6.34. The minimum Gasteiger partial charge on any atom is -0.465 e. The molecule has 0 bridgehead atoms. The summed E-state index contributed by atoms with van der Waals surface area (Å²) in [6.07, 6.45) is -1.05. The minimum atomic E-state index is -1.05. The van der Waals surface area contributed by atoms with E-state index in [0.29, 0.717) is 0 Å². The number of nitrogens with two attached hydrogens (primary N) is 1. The lowest BCUT2D eigenvalue weighted by molar-refractivity contribution is -0.148. The number of primary amides is 1. The van der Waals surface area contributed by atoms with E-state index >= 15 is 0 Å². The van der Waals surface area contributed by atoms with Gasteiger partial charge < -0.3 is 20.6 Å². The molecule has 21 heavy (non-hydrogen) atoms. The van der Waals surface area contributed by atoms with Gasteiger partial charge in [-0.1, -0.05) is 30.3 Å². The molecule has 0 aliphatic carbocycles. The SMILES string of the molecule is C[C@@H]1CN(C(=O)C(N)=O)[C@@H](c2ccccc2)CN1C(=O)O. The molecule has 1 aliphatic rings. The first kappa shape index (κ1) is 14.8. The number of benzene rings is 1. The molecule has 7 nitrogen and oxygen atoms in total. The summed E-state index contributed by atoms with van der Waals surface area (Å²) < 4.78 is 0. The van der Waals surface area contributed by atoms with Crippen LogP contribution in [0.25, 0.3) is 0 Å². The molecule has 1 aromatic rings. The molecule has 1 heterocycles. The van der Waals surface area contributed by atoms with Crippen molar-refractivity contribution in [3.05, 3.63) is 35.9 Å². The number of carbonyl (C=O) groups is 3. The molecule has 0 saturated carbocycles. The molecular formula is C14H17N3O4. The zero-order valence-corrected chi connectivity index (χ0v) is 11.6. The molecule has 1 saturated heterocycles. The Kier molecular flexibility index (Phi) is 4.11. The third kappa shape index (κ3) is 2.96. The molecule has 3 amide bonds. The van der Waals surface area contributed by atoms with Crippen LogP contribution in [0.3, 0.4) is 0 Å².